The molecule has 0 unspecified atom stereocenters. The highest BCUT2D eigenvalue weighted by atomic mass is 16.4. The lowest BCUT2D eigenvalue weighted by atomic mass is 10.0. The van der Waals surface area contributed by atoms with Gasteiger partial charge in [0.25, 0.3) is 5.91 Å². The molecular formula is C36H28N6O3. The molecular weight excluding hydrogens is 564 g/mol. The van der Waals surface area contributed by atoms with Crippen LogP contribution in [-0.4, -0.2) is 50.0 Å². The van der Waals surface area contributed by atoms with Gasteiger partial charge in [0.2, 0.25) is 0 Å². The van der Waals surface area contributed by atoms with Gasteiger partial charge < -0.3 is 26.1 Å². The van der Waals surface area contributed by atoms with Gasteiger partial charge >= 0.3 is 5.97 Å². The number of nitrogens with one attached hydrogen (secondary N) is 3. The summed E-state index contributed by atoms with van der Waals surface area (Å²) < 4.78 is 0. The van der Waals surface area contributed by atoms with Crippen LogP contribution in [0.2, 0.25) is 0 Å². The van der Waals surface area contributed by atoms with E-state index in [9.17, 15) is 14.7 Å². The number of benzene rings is 2. The zero-order valence-electron chi connectivity index (χ0n) is 24.0. The van der Waals surface area contributed by atoms with Crippen molar-refractivity contribution in [3.05, 3.63) is 119 Å². The van der Waals surface area contributed by atoms with Gasteiger partial charge in [-0.2, -0.15) is 0 Å². The molecule has 9 heteroatoms. The van der Waals surface area contributed by atoms with Gasteiger partial charge in [-0.05, 0) is 96.1 Å². The summed E-state index contributed by atoms with van der Waals surface area (Å²) in [5, 5.41) is 12.3. The number of amides is 1. The molecule has 3 aromatic heterocycles. The number of nitrogens with zero attached hydrogens (tertiary/aromatic N) is 2. The molecule has 0 spiro atoms. The van der Waals surface area contributed by atoms with Crippen molar-refractivity contribution in [1.82, 2.24) is 25.3 Å². The fourth-order valence-electron chi connectivity index (χ4n) is 5.48. The molecule has 8 bridgehead atoms. The summed E-state index contributed by atoms with van der Waals surface area (Å²) in [4.78, 5) is 40.9. The first-order valence-electron chi connectivity index (χ1n) is 14.5. The van der Waals surface area contributed by atoms with Crippen LogP contribution in [0.1, 0.15) is 43.5 Å². The summed E-state index contributed by atoms with van der Waals surface area (Å²) in [5.74, 6) is -1.17. The Labute approximate surface area is 257 Å². The van der Waals surface area contributed by atoms with E-state index in [2.05, 4.69) is 15.3 Å². The lowest BCUT2D eigenvalue weighted by Gasteiger charge is -2.07. The molecule has 0 fully saturated rings. The van der Waals surface area contributed by atoms with Crippen LogP contribution in [0.4, 0.5) is 0 Å². The predicted molar refractivity (Wildman–Crippen MR) is 178 cm³/mol. The zero-order valence-corrected chi connectivity index (χ0v) is 24.0. The molecule has 220 valence electrons. The van der Waals surface area contributed by atoms with Crippen molar-refractivity contribution in [3.8, 4) is 22.3 Å². The van der Waals surface area contributed by atoms with E-state index < -0.39 is 5.97 Å². The number of nitrogens with two attached hydrogens (primary N) is 1. The Morgan fingerprint density at radius 1 is 0.689 bits per heavy atom. The Kier molecular flexibility index (Phi) is 7.13. The second-order valence-electron chi connectivity index (χ2n) is 10.7. The minimum atomic E-state index is -0.982. The van der Waals surface area contributed by atoms with Crippen molar-refractivity contribution < 1.29 is 14.7 Å². The fourth-order valence-corrected chi connectivity index (χ4v) is 5.48. The summed E-state index contributed by atoms with van der Waals surface area (Å²) in [6.07, 6.45) is 7.87. The molecule has 2 aromatic carbocycles. The second-order valence-corrected chi connectivity index (χ2v) is 10.7. The number of aromatic amines is 2. The summed E-state index contributed by atoms with van der Waals surface area (Å²) in [6, 6.07) is 26.2. The zero-order chi connectivity index (χ0) is 30.9. The number of hydrogen-bond acceptors (Lipinski definition) is 5. The van der Waals surface area contributed by atoms with E-state index in [1.807, 2.05) is 72.8 Å². The van der Waals surface area contributed by atoms with Gasteiger partial charge in [-0.15, -0.1) is 0 Å². The average Bonchev–Trinajstić information content (AvgIpc) is 3.86. The van der Waals surface area contributed by atoms with Crippen LogP contribution in [0, 0.1) is 0 Å². The first kappa shape index (κ1) is 27.8. The number of carbonyl (C=O) groups excluding carboxylic acids is 1. The van der Waals surface area contributed by atoms with Crippen LogP contribution in [-0.2, 0) is 0 Å². The highest BCUT2D eigenvalue weighted by Crippen LogP contribution is 2.35. The minimum absolute atomic E-state index is 0.189. The van der Waals surface area contributed by atoms with Crippen LogP contribution in [0.15, 0.2) is 84.9 Å². The smallest absolute Gasteiger partial charge is 0.335 e. The number of hydrogen-bond donors (Lipinski definition) is 5. The van der Waals surface area contributed by atoms with Gasteiger partial charge in [-0.25, -0.2) is 14.8 Å². The minimum Gasteiger partial charge on any atom is -0.478 e. The Morgan fingerprint density at radius 2 is 1.31 bits per heavy atom. The molecule has 45 heavy (non-hydrogen) atoms. The summed E-state index contributed by atoms with van der Waals surface area (Å²) in [7, 11) is 0. The molecule has 0 atom stereocenters. The Morgan fingerprint density at radius 3 is 2.00 bits per heavy atom. The highest BCUT2D eigenvalue weighted by Gasteiger charge is 2.15. The maximum atomic E-state index is 12.6. The third-order valence-corrected chi connectivity index (χ3v) is 7.66. The molecule has 2 aliphatic heterocycles. The van der Waals surface area contributed by atoms with E-state index in [0.29, 0.717) is 18.7 Å². The summed E-state index contributed by atoms with van der Waals surface area (Å²) in [6.45, 7) is 0.758. The van der Waals surface area contributed by atoms with Crippen molar-refractivity contribution in [1.29, 1.82) is 0 Å². The molecule has 0 saturated heterocycles. The lowest BCUT2D eigenvalue weighted by Crippen LogP contribution is -2.28. The van der Waals surface area contributed by atoms with E-state index in [-0.39, 0.29) is 11.5 Å². The van der Waals surface area contributed by atoms with Gasteiger partial charge in [0.1, 0.15) is 0 Å². The Bertz CT molecular complexity index is 2190. The molecule has 6 N–H and O–H groups in total. The first-order valence-corrected chi connectivity index (χ1v) is 14.5. The molecule has 0 saturated carbocycles. The molecule has 1 amide bonds. The van der Waals surface area contributed by atoms with E-state index >= 15 is 0 Å². The molecule has 0 aliphatic carbocycles. The fraction of sp³-hybridized carbons (Fsp3) is 0.0556. The quantitative estimate of drug-likeness (QED) is 0.151. The van der Waals surface area contributed by atoms with Crippen molar-refractivity contribution in [2.45, 2.75) is 0 Å². The van der Waals surface area contributed by atoms with Crippen molar-refractivity contribution in [2.24, 2.45) is 5.73 Å². The topological polar surface area (TPSA) is 150 Å². The standard InChI is InChI=1S/C36H28N6O3/c37-15-16-38-35(43)23-5-3-22(4-6-23)34-31-14-13-28(41-31)18-27-10-9-25(39-27)17-26-11-12-29(40-26)19-32-30(20-33(34)42-32)21-1-7-24(8-2-21)36(44)45/h1-14,17-20,39,42H,15-16,37H2,(H,38,43)(H,44,45). The highest BCUT2D eigenvalue weighted by molar-refractivity contribution is 5.98. The predicted octanol–water partition coefficient (Wildman–Crippen LogP) is 6.38. The normalized spacial score (nSPS) is 11.9. The molecule has 5 aromatic rings. The number of fused-ring (bicyclic) bond motifs is 8. The van der Waals surface area contributed by atoms with E-state index in [1.165, 1.54) is 0 Å². The lowest BCUT2D eigenvalue weighted by molar-refractivity contribution is 0.0696. The third-order valence-electron chi connectivity index (χ3n) is 7.66. The molecule has 7 rings (SSSR count). The monoisotopic (exact) mass is 592 g/mol. The van der Waals surface area contributed by atoms with Crippen molar-refractivity contribution >= 4 is 58.2 Å². The third kappa shape index (κ3) is 5.67. The molecule has 0 radical (unpaired) electrons. The van der Waals surface area contributed by atoms with Crippen LogP contribution < -0.4 is 11.1 Å². The average molecular weight is 593 g/mol. The van der Waals surface area contributed by atoms with Gasteiger partial charge in [0, 0.05) is 51.8 Å². The van der Waals surface area contributed by atoms with Gasteiger partial charge in [-0.1, -0.05) is 24.3 Å². The molecule has 5 heterocycles. The van der Waals surface area contributed by atoms with E-state index in [4.69, 9.17) is 15.7 Å². The van der Waals surface area contributed by atoms with Crippen molar-refractivity contribution in [2.75, 3.05) is 13.1 Å². The van der Waals surface area contributed by atoms with Crippen LogP contribution >= 0.6 is 0 Å². The number of carboxylic acid groups (broad SMARTS) is 1. The maximum Gasteiger partial charge on any atom is 0.335 e. The van der Waals surface area contributed by atoms with Gasteiger partial charge in [-0.3, -0.25) is 4.79 Å². The summed E-state index contributed by atoms with van der Waals surface area (Å²) in [5.41, 5.74) is 16.3. The van der Waals surface area contributed by atoms with E-state index in [0.717, 1.165) is 67.1 Å². The van der Waals surface area contributed by atoms with E-state index in [1.54, 1.807) is 36.4 Å². The van der Waals surface area contributed by atoms with Crippen molar-refractivity contribution in [3.63, 3.8) is 0 Å². The number of H-pyrrole nitrogens is 2. The molecule has 9 nitrogen and oxygen atoms in total. The number of carbonyl (C=O) groups is 2. The Balaban J connectivity index is 1.51. The number of aromatic carboxylic acids is 1. The second kappa shape index (κ2) is 11.6. The summed E-state index contributed by atoms with van der Waals surface area (Å²) >= 11 is 0. The first-order chi connectivity index (χ1) is 21.9. The Hall–Kier alpha value is -6.06. The number of rotatable bonds is 6. The van der Waals surface area contributed by atoms with Gasteiger partial charge in [0.05, 0.1) is 28.3 Å². The molecule has 2 aliphatic rings. The van der Waals surface area contributed by atoms with Crippen LogP contribution in [0.25, 0.3) is 68.6 Å². The largest absolute Gasteiger partial charge is 0.478 e. The SMILES string of the molecule is NCCNC(=O)c1ccc(-c2c3nc(cc4ccc(cc5nc(cc6[nH]c2cc6-c2ccc(C(=O)O)cc2)C=C5)[nH]4)C=C3)cc1. The van der Waals surface area contributed by atoms with Gasteiger partial charge in [0.15, 0.2) is 0 Å². The van der Waals surface area contributed by atoms with Crippen LogP contribution in [0.3, 0.4) is 0 Å². The number of carboxylic acids is 1. The van der Waals surface area contributed by atoms with Crippen LogP contribution in [0.5, 0.6) is 0 Å². The maximum absolute atomic E-state index is 12.6. The number of aromatic nitrogens is 4.